The number of anilines is 1. The van der Waals surface area contributed by atoms with E-state index in [1.54, 1.807) is 6.92 Å². The van der Waals surface area contributed by atoms with Crippen molar-refractivity contribution in [1.82, 2.24) is 0 Å². The molecule has 1 aromatic rings. The van der Waals surface area contributed by atoms with E-state index in [9.17, 15) is 5.11 Å². The normalized spacial score (nSPS) is 28.3. The molecule has 1 aliphatic heterocycles. The molecule has 19 heavy (non-hydrogen) atoms. The van der Waals surface area contributed by atoms with E-state index in [-0.39, 0.29) is 0 Å². The molecule has 3 nitrogen and oxygen atoms in total. The number of aliphatic hydroxyl groups excluding tert-OH is 1. The van der Waals surface area contributed by atoms with Gasteiger partial charge in [-0.3, -0.25) is 0 Å². The van der Waals surface area contributed by atoms with Crippen LogP contribution < -0.4 is 4.90 Å². The van der Waals surface area contributed by atoms with Crippen molar-refractivity contribution in [2.24, 2.45) is 0 Å². The third-order valence-corrected chi connectivity index (χ3v) is 4.93. The van der Waals surface area contributed by atoms with Gasteiger partial charge in [0.25, 0.3) is 0 Å². The molecule has 3 atom stereocenters. The molecule has 3 rings (SSSR count). The van der Waals surface area contributed by atoms with Crippen molar-refractivity contribution < 1.29 is 9.84 Å². The highest BCUT2D eigenvalue weighted by Crippen LogP contribution is 2.35. The van der Waals surface area contributed by atoms with Crippen LogP contribution in [0.15, 0.2) is 22.7 Å². The molecule has 3 unspecified atom stereocenters. The first-order valence-corrected chi connectivity index (χ1v) is 7.82. The van der Waals surface area contributed by atoms with Crippen LogP contribution in [0.4, 0.5) is 5.69 Å². The topological polar surface area (TPSA) is 32.7 Å². The third kappa shape index (κ3) is 2.54. The second-order valence-corrected chi connectivity index (χ2v) is 6.34. The SMILES string of the molecule is CC(O)c1ccc(N2CCOC3CCCC32)cc1Br. The predicted molar refractivity (Wildman–Crippen MR) is 79.5 cm³/mol. The van der Waals surface area contributed by atoms with E-state index in [0.717, 1.165) is 23.2 Å². The number of fused-ring (bicyclic) bond motifs is 1. The quantitative estimate of drug-likeness (QED) is 0.905. The Labute approximate surface area is 122 Å². The Bertz CT molecular complexity index is 463. The largest absolute Gasteiger partial charge is 0.389 e. The number of rotatable bonds is 2. The Kier molecular flexibility index (Phi) is 3.83. The van der Waals surface area contributed by atoms with E-state index >= 15 is 0 Å². The number of nitrogens with zero attached hydrogens (tertiary/aromatic N) is 1. The summed E-state index contributed by atoms with van der Waals surface area (Å²) in [6, 6.07) is 6.79. The minimum atomic E-state index is -0.438. The van der Waals surface area contributed by atoms with Crippen LogP contribution >= 0.6 is 15.9 Å². The third-order valence-electron chi connectivity index (χ3n) is 4.25. The van der Waals surface area contributed by atoms with Gasteiger partial charge in [-0.1, -0.05) is 22.0 Å². The highest BCUT2D eigenvalue weighted by molar-refractivity contribution is 9.10. The summed E-state index contributed by atoms with van der Waals surface area (Å²) in [5.74, 6) is 0. The molecule has 0 amide bonds. The van der Waals surface area contributed by atoms with Crippen LogP contribution in [0.3, 0.4) is 0 Å². The van der Waals surface area contributed by atoms with Gasteiger partial charge in [0.2, 0.25) is 0 Å². The number of hydrogen-bond donors (Lipinski definition) is 1. The van der Waals surface area contributed by atoms with Crippen LogP contribution in [-0.2, 0) is 4.74 Å². The Morgan fingerprint density at radius 3 is 3.00 bits per heavy atom. The Morgan fingerprint density at radius 1 is 1.42 bits per heavy atom. The van der Waals surface area contributed by atoms with Crippen LogP contribution in [0.2, 0.25) is 0 Å². The first kappa shape index (κ1) is 13.4. The van der Waals surface area contributed by atoms with Crippen molar-refractivity contribution in [3.05, 3.63) is 28.2 Å². The maximum atomic E-state index is 9.69. The lowest BCUT2D eigenvalue weighted by atomic mass is 10.1. The molecule has 1 aliphatic carbocycles. The molecular formula is C15H20BrNO2. The number of hydrogen-bond acceptors (Lipinski definition) is 3. The van der Waals surface area contributed by atoms with Gasteiger partial charge in [-0.05, 0) is 43.9 Å². The van der Waals surface area contributed by atoms with Crippen LogP contribution in [0, 0.1) is 0 Å². The molecule has 1 saturated carbocycles. The zero-order chi connectivity index (χ0) is 13.4. The zero-order valence-corrected chi connectivity index (χ0v) is 12.8. The molecule has 1 N–H and O–H groups in total. The molecule has 0 bridgehead atoms. The Hall–Kier alpha value is -0.580. The minimum Gasteiger partial charge on any atom is -0.389 e. The number of aliphatic hydroxyl groups is 1. The van der Waals surface area contributed by atoms with E-state index < -0.39 is 6.10 Å². The summed E-state index contributed by atoms with van der Waals surface area (Å²) in [5, 5.41) is 9.69. The summed E-state index contributed by atoms with van der Waals surface area (Å²) in [6.07, 6.45) is 3.64. The van der Waals surface area contributed by atoms with Gasteiger partial charge in [-0.25, -0.2) is 0 Å². The zero-order valence-electron chi connectivity index (χ0n) is 11.2. The minimum absolute atomic E-state index is 0.406. The summed E-state index contributed by atoms with van der Waals surface area (Å²) >= 11 is 3.57. The van der Waals surface area contributed by atoms with Gasteiger partial charge in [0.05, 0.1) is 24.9 Å². The van der Waals surface area contributed by atoms with Crippen LogP contribution in [-0.4, -0.2) is 30.4 Å². The molecule has 1 aromatic carbocycles. The maximum Gasteiger partial charge on any atom is 0.0779 e. The second kappa shape index (κ2) is 5.43. The fourth-order valence-corrected chi connectivity index (χ4v) is 3.98. The van der Waals surface area contributed by atoms with E-state index in [1.165, 1.54) is 24.9 Å². The Balaban J connectivity index is 1.87. The van der Waals surface area contributed by atoms with Crippen molar-refractivity contribution in [2.45, 2.75) is 44.4 Å². The number of morpholine rings is 1. The van der Waals surface area contributed by atoms with Crippen molar-refractivity contribution in [2.75, 3.05) is 18.1 Å². The molecule has 1 saturated heterocycles. The van der Waals surface area contributed by atoms with Gasteiger partial charge in [0.15, 0.2) is 0 Å². The molecule has 1 heterocycles. The highest BCUT2D eigenvalue weighted by Gasteiger charge is 2.36. The van der Waals surface area contributed by atoms with E-state index in [4.69, 9.17) is 4.74 Å². The van der Waals surface area contributed by atoms with Crippen molar-refractivity contribution in [1.29, 1.82) is 0 Å². The molecule has 2 fully saturated rings. The first-order valence-electron chi connectivity index (χ1n) is 7.02. The lowest BCUT2D eigenvalue weighted by Gasteiger charge is -2.39. The molecular weight excluding hydrogens is 306 g/mol. The molecule has 2 aliphatic rings. The molecule has 0 spiro atoms. The van der Waals surface area contributed by atoms with Gasteiger partial charge in [-0.2, -0.15) is 0 Å². The molecule has 104 valence electrons. The fraction of sp³-hybridized carbons (Fsp3) is 0.600. The monoisotopic (exact) mass is 325 g/mol. The lowest BCUT2D eigenvalue weighted by Crippen LogP contribution is -2.48. The van der Waals surface area contributed by atoms with E-state index in [1.807, 2.05) is 6.07 Å². The van der Waals surface area contributed by atoms with Crippen molar-refractivity contribution in [3.8, 4) is 0 Å². The second-order valence-electron chi connectivity index (χ2n) is 5.48. The van der Waals surface area contributed by atoms with Gasteiger partial charge >= 0.3 is 0 Å². The average molecular weight is 326 g/mol. The molecule has 4 heteroatoms. The van der Waals surface area contributed by atoms with Gasteiger partial charge < -0.3 is 14.7 Å². The van der Waals surface area contributed by atoms with Gasteiger partial charge in [0, 0.05) is 16.7 Å². The van der Waals surface area contributed by atoms with Crippen LogP contribution in [0.5, 0.6) is 0 Å². The maximum absolute atomic E-state index is 9.69. The molecule has 0 radical (unpaired) electrons. The van der Waals surface area contributed by atoms with Crippen molar-refractivity contribution >= 4 is 21.6 Å². The summed E-state index contributed by atoms with van der Waals surface area (Å²) in [6.45, 7) is 3.57. The standard InChI is InChI=1S/C15H20BrNO2/c1-10(18)12-6-5-11(9-13(12)16)17-7-8-19-15-4-2-3-14(15)17/h5-6,9-10,14-15,18H,2-4,7-8H2,1H3. The smallest absolute Gasteiger partial charge is 0.0779 e. The number of benzene rings is 1. The van der Waals surface area contributed by atoms with E-state index in [2.05, 4.69) is 33.0 Å². The lowest BCUT2D eigenvalue weighted by molar-refractivity contribution is 0.0256. The van der Waals surface area contributed by atoms with Gasteiger partial charge in [0.1, 0.15) is 0 Å². The van der Waals surface area contributed by atoms with Crippen molar-refractivity contribution in [3.63, 3.8) is 0 Å². The Morgan fingerprint density at radius 2 is 2.26 bits per heavy atom. The van der Waals surface area contributed by atoms with Crippen LogP contribution in [0.25, 0.3) is 0 Å². The van der Waals surface area contributed by atoms with Gasteiger partial charge in [-0.15, -0.1) is 0 Å². The summed E-state index contributed by atoms with van der Waals surface area (Å²) in [7, 11) is 0. The van der Waals surface area contributed by atoms with E-state index in [0.29, 0.717) is 12.1 Å². The number of halogens is 1. The highest BCUT2D eigenvalue weighted by atomic mass is 79.9. The summed E-state index contributed by atoms with van der Waals surface area (Å²) in [4.78, 5) is 2.47. The number of ether oxygens (including phenoxy) is 1. The fourth-order valence-electron chi connectivity index (χ4n) is 3.28. The summed E-state index contributed by atoms with van der Waals surface area (Å²) in [5.41, 5.74) is 2.18. The first-order chi connectivity index (χ1) is 9.16. The van der Waals surface area contributed by atoms with Crippen LogP contribution in [0.1, 0.15) is 37.9 Å². The average Bonchev–Trinajstić information content (AvgIpc) is 2.86. The predicted octanol–water partition coefficient (Wildman–Crippen LogP) is 3.26. The molecule has 0 aromatic heterocycles. The summed E-state index contributed by atoms with van der Waals surface area (Å²) < 4.78 is 6.84.